The van der Waals surface area contributed by atoms with E-state index < -0.39 is 0 Å². The highest BCUT2D eigenvalue weighted by atomic mass is 16.1. The van der Waals surface area contributed by atoms with Crippen molar-refractivity contribution in [2.24, 2.45) is 11.1 Å². The zero-order chi connectivity index (χ0) is 14.4. The van der Waals surface area contributed by atoms with Gasteiger partial charge in [0, 0.05) is 12.6 Å². The van der Waals surface area contributed by atoms with Crippen molar-refractivity contribution in [2.75, 3.05) is 6.54 Å². The standard InChI is InChI=1S/C16H25N3O/c1-13(14-7-3-6-10-18-14)19-15(20)11-16(12-17)8-4-2-5-9-16/h3,6-7,10,13H,2,4-5,8-9,11-12,17H2,1H3,(H,19,20)/t13-/m0/s1. The average molecular weight is 275 g/mol. The van der Waals surface area contributed by atoms with E-state index in [4.69, 9.17) is 5.73 Å². The topological polar surface area (TPSA) is 68.0 Å². The van der Waals surface area contributed by atoms with Crippen LogP contribution >= 0.6 is 0 Å². The summed E-state index contributed by atoms with van der Waals surface area (Å²) in [6.45, 7) is 2.58. The van der Waals surface area contributed by atoms with E-state index in [-0.39, 0.29) is 17.4 Å². The summed E-state index contributed by atoms with van der Waals surface area (Å²) >= 11 is 0. The molecule has 0 aromatic carbocycles. The summed E-state index contributed by atoms with van der Waals surface area (Å²) in [6, 6.07) is 5.70. The van der Waals surface area contributed by atoms with Gasteiger partial charge in [-0.25, -0.2) is 0 Å². The van der Waals surface area contributed by atoms with Gasteiger partial charge in [-0.1, -0.05) is 25.3 Å². The fourth-order valence-electron chi connectivity index (χ4n) is 3.09. The lowest BCUT2D eigenvalue weighted by Gasteiger charge is -2.36. The molecule has 1 atom stereocenters. The second-order valence-corrected chi connectivity index (χ2v) is 5.99. The third-order valence-corrected chi connectivity index (χ3v) is 4.39. The van der Waals surface area contributed by atoms with Crippen LogP contribution in [0.5, 0.6) is 0 Å². The molecule has 3 N–H and O–H groups in total. The quantitative estimate of drug-likeness (QED) is 0.867. The summed E-state index contributed by atoms with van der Waals surface area (Å²) in [7, 11) is 0. The minimum atomic E-state index is -0.0536. The van der Waals surface area contributed by atoms with Crippen LogP contribution in [0.4, 0.5) is 0 Å². The van der Waals surface area contributed by atoms with Crippen molar-refractivity contribution in [1.82, 2.24) is 10.3 Å². The molecule has 1 heterocycles. The number of nitrogens with zero attached hydrogens (tertiary/aromatic N) is 1. The van der Waals surface area contributed by atoms with E-state index in [1.807, 2.05) is 25.1 Å². The Morgan fingerprint density at radius 1 is 1.40 bits per heavy atom. The number of aromatic nitrogens is 1. The van der Waals surface area contributed by atoms with E-state index in [9.17, 15) is 4.79 Å². The van der Waals surface area contributed by atoms with Gasteiger partial charge in [0.05, 0.1) is 11.7 Å². The minimum absolute atomic E-state index is 0.0200. The smallest absolute Gasteiger partial charge is 0.221 e. The van der Waals surface area contributed by atoms with Crippen molar-refractivity contribution in [3.05, 3.63) is 30.1 Å². The SMILES string of the molecule is C[C@H](NC(=O)CC1(CN)CCCCC1)c1ccccn1. The van der Waals surface area contributed by atoms with Crippen LogP contribution in [0.1, 0.15) is 57.2 Å². The molecule has 0 aliphatic heterocycles. The van der Waals surface area contributed by atoms with E-state index in [0.717, 1.165) is 18.5 Å². The number of nitrogens with one attached hydrogen (secondary N) is 1. The number of carbonyl (C=O) groups is 1. The monoisotopic (exact) mass is 275 g/mol. The molecule has 2 rings (SSSR count). The highest BCUT2D eigenvalue weighted by Gasteiger charge is 2.33. The van der Waals surface area contributed by atoms with Crippen molar-refractivity contribution in [3.63, 3.8) is 0 Å². The summed E-state index contributed by atoms with van der Waals surface area (Å²) in [4.78, 5) is 16.5. The Labute approximate surface area is 121 Å². The van der Waals surface area contributed by atoms with Crippen LogP contribution in [-0.4, -0.2) is 17.4 Å². The highest BCUT2D eigenvalue weighted by Crippen LogP contribution is 2.38. The average Bonchev–Trinajstić information content (AvgIpc) is 2.49. The maximum Gasteiger partial charge on any atom is 0.221 e. The second-order valence-electron chi connectivity index (χ2n) is 5.99. The van der Waals surface area contributed by atoms with Crippen LogP contribution in [-0.2, 0) is 4.79 Å². The lowest BCUT2D eigenvalue weighted by Crippen LogP contribution is -2.39. The van der Waals surface area contributed by atoms with Crippen molar-refractivity contribution in [1.29, 1.82) is 0 Å². The third-order valence-electron chi connectivity index (χ3n) is 4.39. The minimum Gasteiger partial charge on any atom is -0.348 e. The summed E-state index contributed by atoms with van der Waals surface area (Å²) in [5.41, 5.74) is 6.85. The lowest BCUT2D eigenvalue weighted by atomic mass is 9.71. The molecule has 0 unspecified atom stereocenters. The number of hydrogen-bond donors (Lipinski definition) is 2. The molecular formula is C16H25N3O. The molecule has 1 saturated carbocycles. The first kappa shape index (κ1) is 15.0. The molecule has 1 fully saturated rings. The zero-order valence-corrected chi connectivity index (χ0v) is 12.3. The molecule has 0 saturated heterocycles. The first-order chi connectivity index (χ1) is 9.65. The van der Waals surface area contributed by atoms with Gasteiger partial charge in [0.1, 0.15) is 0 Å². The van der Waals surface area contributed by atoms with Crippen LogP contribution < -0.4 is 11.1 Å². The molecule has 20 heavy (non-hydrogen) atoms. The first-order valence-corrected chi connectivity index (χ1v) is 7.56. The Morgan fingerprint density at radius 2 is 2.15 bits per heavy atom. The van der Waals surface area contributed by atoms with Gasteiger partial charge in [-0.05, 0) is 43.9 Å². The largest absolute Gasteiger partial charge is 0.348 e. The van der Waals surface area contributed by atoms with Crippen molar-refractivity contribution < 1.29 is 4.79 Å². The fraction of sp³-hybridized carbons (Fsp3) is 0.625. The van der Waals surface area contributed by atoms with E-state index in [2.05, 4.69) is 10.3 Å². The van der Waals surface area contributed by atoms with Gasteiger partial charge in [0.2, 0.25) is 5.91 Å². The molecule has 1 aromatic heterocycles. The van der Waals surface area contributed by atoms with Crippen LogP contribution in [0.25, 0.3) is 0 Å². The van der Waals surface area contributed by atoms with Gasteiger partial charge in [-0.15, -0.1) is 0 Å². The van der Waals surface area contributed by atoms with Gasteiger partial charge in [-0.3, -0.25) is 9.78 Å². The molecule has 1 aromatic rings. The Balaban J connectivity index is 1.91. The number of amides is 1. The molecule has 4 heteroatoms. The first-order valence-electron chi connectivity index (χ1n) is 7.56. The van der Waals surface area contributed by atoms with E-state index in [1.165, 1.54) is 19.3 Å². The van der Waals surface area contributed by atoms with Gasteiger partial charge < -0.3 is 11.1 Å². The Bertz CT molecular complexity index is 427. The van der Waals surface area contributed by atoms with Crippen molar-refractivity contribution in [3.8, 4) is 0 Å². The normalized spacial score (nSPS) is 19.3. The molecule has 1 aliphatic carbocycles. The van der Waals surface area contributed by atoms with Gasteiger partial charge in [0.25, 0.3) is 0 Å². The Morgan fingerprint density at radius 3 is 2.75 bits per heavy atom. The van der Waals surface area contributed by atoms with Gasteiger partial charge >= 0.3 is 0 Å². The molecule has 0 radical (unpaired) electrons. The summed E-state index contributed by atoms with van der Waals surface area (Å²) in [6.07, 6.45) is 8.11. The highest BCUT2D eigenvalue weighted by molar-refractivity contribution is 5.77. The fourth-order valence-corrected chi connectivity index (χ4v) is 3.09. The maximum atomic E-state index is 12.3. The van der Waals surface area contributed by atoms with Crippen molar-refractivity contribution in [2.45, 2.75) is 51.5 Å². The Kier molecular flexibility index (Phi) is 5.12. The molecule has 0 spiro atoms. The molecule has 110 valence electrons. The zero-order valence-electron chi connectivity index (χ0n) is 12.3. The summed E-state index contributed by atoms with van der Waals surface area (Å²) in [5, 5.41) is 3.05. The summed E-state index contributed by atoms with van der Waals surface area (Å²) < 4.78 is 0. The number of rotatable bonds is 5. The number of hydrogen-bond acceptors (Lipinski definition) is 3. The third kappa shape index (κ3) is 3.79. The number of nitrogens with two attached hydrogens (primary N) is 1. The predicted molar refractivity (Wildman–Crippen MR) is 80.0 cm³/mol. The van der Waals surface area contributed by atoms with Crippen LogP contribution in [0, 0.1) is 5.41 Å². The summed E-state index contributed by atoms with van der Waals surface area (Å²) in [5.74, 6) is 0.0931. The number of carbonyl (C=O) groups excluding carboxylic acids is 1. The molecule has 1 amide bonds. The van der Waals surface area contributed by atoms with E-state index >= 15 is 0 Å². The predicted octanol–water partition coefficient (Wildman–Crippen LogP) is 2.56. The van der Waals surface area contributed by atoms with Gasteiger partial charge in [0.15, 0.2) is 0 Å². The lowest BCUT2D eigenvalue weighted by molar-refractivity contribution is -0.124. The number of pyridine rings is 1. The van der Waals surface area contributed by atoms with Crippen LogP contribution in [0.15, 0.2) is 24.4 Å². The molecule has 1 aliphatic rings. The maximum absolute atomic E-state index is 12.3. The van der Waals surface area contributed by atoms with E-state index in [1.54, 1.807) is 6.20 Å². The van der Waals surface area contributed by atoms with E-state index in [0.29, 0.717) is 13.0 Å². The molecule has 4 nitrogen and oxygen atoms in total. The molecular weight excluding hydrogens is 250 g/mol. The second kappa shape index (κ2) is 6.84. The molecule has 0 bridgehead atoms. The van der Waals surface area contributed by atoms with Gasteiger partial charge in [-0.2, -0.15) is 0 Å². The van der Waals surface area contributed by atoms with Crippen LogP contribution in [0.3, 0.4) is 0 Å². The Hall–Kier alpha value is -1.42. The van der Waals surface area contributed by atoms with Crippen LogP contribution in [0.2, 0.25) is 0 Å². The van der Waals surface area contributed by atoms with Crippen molar-refractivity contribution >= 4 is 5.91 Å².